The highest BCUT2D eigenvalue weighted by atomic mass is 35.5. The summed E-state index contributed by atoms with van der Waals surface area (Å²) < 4.78 is 5.30. The summed E-state index contributed by atoms with van der Waals surface area (Å²) in [5.74, 6) is 0.655. The third-order valence-electron chi connectivity index (χ3n) is 4.99. The van der Waals surface area contributed by atoms with Crippen LogP contribution in [0, 0.1) is 0 Å². The van der Waals surface area contributed by atoms with Crippen LogP contribution in [-0.4, -0.2) is 53.0 Å². The van der Waals surface area contributed by atoms with E-state index in [1.165, 1.54) is 6.08 Å². The Morgan fingerprint density at radius 1 is 1.00 bits per heavy atom. The number of rotatable bonds is 6. The number of hydrogen-bond donors (Lipinski definition) is 2. The number of hydrogen-bond acceptors (Lipinski definition) is 6. The minimum atomic E-state index is -0.286. The highest BCUT2D eigenvalue weighted by Crippen LogP contribution is 2.24. The zero-order valence-corrected chi connectivity index (χ0v) is 18.5. The number of ether oxygens (including phenoxy) is 1. The van der Waals surface area contributed by atoms with Gasteiger partial charge in [-0.2, -0.15) is 0 Å². The van der Waals surface area contributed by atoms with Crippen LogP contribution in [0.25, 0.3) is 11.4 Å². The summed E-state index contributed by atoms with van der Waals surface area (Å²) in [6, 6.07) is 15.9. The monoisotopic (exact) mass is 463 g/mol. The molecule has 0 spiro atoms. The summed E-state index contributed by atoms with van der Waals surface area (Å²) in [7, 11) is 0. The first-order valence-corrected chi connectivity index (χ1v) is 10.7. The minimum absolute atomic E-state index is 0.00931. The number of benzene rings is 2. The standard InChI is InChI=1S/C24H22ClN5O3/c1-2-22(31)27-19-7-3-16(4-8-19)23-28-20(25)15-21(29-23)26-18-9-5-17(6-10-18)24(32)30-11-13-33-14-12-30/h2-10,15H,1,11-14H2,(H,27,31)(H,26,28,29). The molecule has 0 atom stereocenters. The summed E-state index contributed by atoms with van der Waals surface area (Å²) in [5, 5.41) is 6.17. The van der Waals surface area contributed by atoms with Crippen LogP contribution in [0.4, 0.5) is 17.2 Å². The number of carbonyl (C=O) groups is 2. The molecule has 8 nitrogen and oxygen atoms in total. The fourth-order valence-corrected chi connectivity index (χ4v) is 3.48. The fourth-order valence-electron chi connectivity index (χ4n) is 3.30. The average Bonchev–Trinajstić information content (AvgIpc) is 2.84. The molecular weight excluding hydrogens is 442 g/mol. The first-order chi connectivity index (χ1) is 16.0. The lowest BCUT2D eigenvalue weighted by molar-refractivity contribution is -0.111. The Bertz CT molecular complexity index is 1160. The molecule has 0 aliphatic carbocycles. The largest absolute Gasteiger partial charge is 0.378 e. The van der Waals surface area contributed by atoms with E-state index in [0.29, 0.717) is 49.2 Å². The van der Waals surface area contributed by atoms with Gasteiger partial charge in [0.15, 0.2) is 5.82 Å². The predicted molar refractivity (Wildman–Crippen MR) is 128 cm³/mol. The van der Waals surface area contributed by atoms with Crippen molar-refractivity contribution in [3.8, 4) is 11.4 Å². The quantitative estimate of drug-likeness (QED) is 0.421. The Balaban J connectivity index is 1.47. The van der Waals surface area contributed by atoms with Crippen molar-refractivity contribution in [1.82, 2.24) is 14.9 Å². The highest BCUT2D eigenvalue weighted by molar-refractivity contribution is 6.29. The topological polar surface area (TPSA) is 96.5 Å². The number of nitrogens with zero attached hydrogens (tertiary/aromatic N) is 3. The van der Waals surface area contributed by atoms with Crippen LogP contribution in [0.2, 0.25) is 5.15 Å². The zero-order valence-electron chi connectivity index (χ0n) is 17.8. The lowest BCUT2D eigenvalue weighted by atomic mass is 10.1. The van der Waals surface area contributed by atoms with Gasteiger partial charge in [0.05, 0.1) is 13.2 Å². The third kappa shape index (κ3) is 5.74. The van der Waals surface area contributed by atoms with Crippen LogP contribution in [0.5, 0.6) is 0 Å². The van der Waals surface area contributed by atoms with Gasteiger partial charge in [-0.1, -0.05) is 18.2 Å². The molecule has 1 aliphatic rings. The van der Waals surface area contributed by atoms with E-state index in [1.54, 1.807) is 47.4 Å². The second kappa shape index (κ2) is 10.2. The van der Waals surface area contributed by atoms with Gasteiger partial charge in [-0.3, -0.25) is 9.59 Å². The van der Waals surface area contributed by atoms with Crippen molar-refractivity contribution < 1.29 is 14.3 Å². The second-order valence-corrected chi connectivity index (χ2v) is 7.66. The molecule has 0 unspecified atom stereocenters. The van der Waals surface area contributed by atoms with Crippen molar-refractivity contribution in [3.63, 3.8) is 0 Å². The number of carbonyl (C=O) groups excluding carboxylic acids is 2. The van der Waals surface area contributed by atoms with E-state index in [4.69, 9.17) is 16.3 Å². The molecule has 3 aromatic rings. The van der Waals surface area contributed by atoms with Gasteiger partial charge >= 0.3 is 0 Å². The Morgan fingerprint density at radius 2 is 1.67 bits per heavy atom. The summed E-state index contributed by atoms with van der Waals surface area (Å²) in [6.07, 6.45) is 1.21. The second-order valence-electron chi connectivity index (χ2n) is 7.28. The van der Waals surface area contributed by atoms with Crippen LogP contribution in [0.3, 0.4) is 0 Å². The predicted octanol–water partition coefficient (Wildman–Crippen LogP) is 4.14. The van der Waals surface area contributed by atoms with Gasteiger partial charge in [0.1, 0.15) is 11.0 Å². The molecular formula is C24H22ClN5O3. The highest BCUT2D eigenvalue weighted by Gasteiger charge is 2.18. The maximum Gasteiger partial charge on any atom is 0.254 e. The van der Waals surface area contributed by atoms with E-state index in [2.05, 4.69) is 27.2 Å². The van der Waals surface area contributed by atoms with Crippen LogP contribution in [0.15, 0.2) is 67.3 Å². The van der Waals surface area contributed by atoms with E-state index in [-0.39, 0.29) is 17.0 Å². The number of anilines is 3. The number of aromatic nitrogens is 2. The Kier molecular flexibility index (Phi) is 6.97. The Labute approximate surface area is 196 Å². The Hall–Kier alpha value is -3.75. The van der Waals surface area contributed by atoms with Gasteiger partial charge < -0.3 is 20.3 Å². The van der Waals surface area contributed by atoms with Crippen molar-refractivity contribution in [1.29, 1.82) is 0 Å². The summed E-state index contributed by atoms with van der Waals surface area (Å²) >= 11 is 6.22. The smallest absolute Gasteiger partial charge is 0.254 e. The minimum Gasteiger partial charge on any atom is -0.378 e. The van der Waals surface area contributed by atoms with Crippen molar-refractivity contribution in [2.75, 3.05) is 36.9 Å². The van der Waals surface area contributed by atoms with Crippen molar-refractivity contribution in [3.05, 3.63) is 78.0 Å². The molecule has 1 fully saturated rings. The molecule has 1 aromatic heterocycles. The number of nitrogens with one attached hydrogen (secondary N) is 2. The lowest BCUT2D eigenvalue weighted by Crippen LogP contribution is -2.40. The first kappa shape index (κ1) is 22.4. The molecule has 0 saturated carbocycles. The van der Waals surface area contributed by atoms with E-state index in [9.17, 15) is 9.59 Å². The molecule has 2 amide bonds. The first-order valence-electron chi connectivity index (χ1n) is 10.3. The van der Waals surface area contributed by atoms with Crippen LogP contribution in [-0.2, 0) is 9.53 Å². The van der Waals surface area contributed by atoms with Crippen LogP contribution < -0.4 is 10.6 Å². The summed E-state index contributed by atoms with van der Waals surface area (Å²) in [4.78, 5) is 34.6. The molecule has 0 radical (unpaired) electrons. The van der Waals surface area contributed by atoms with Crippen molar-refractivity contribution >= 4 is 40.6 Å². The Morgan fingerprint density at radius 3 is 2.33 bits per heavy atom. The molecule has 0 bridgehead atoms. The molecule has 168 valence electrons. The maximum atomic E-state index is 12.6. The van der Waals surface area contributed by atoms with Crippen molar-refractivity contribution in [2.45, 2.75) is 0 Å². The van der Waals surface area contributed by atoms with Gasteiger partial charge in [-0.15, -0.1) is 0 Å². The van der Waals surface area contributed by atoms with Gasteiger partial charge in [0.25, 0.3) is 5.91 Å². The van der Waals surface area contributed by atoms with Gasteiger partial charge in [0, 0.05) is 41.7 Å². The molecule has 9 heteroatoms. The van der Waals surface area contributed by atoms with Crippen LogP contribution in [0.1, 0.15) is 10.4 Å². The normalized spacial score (nSPS) is 13.3. The molecule has 33 heavy (non-hydrogen) atoms. The number of amides is 2. The van der Waals surface area contributed by atoms with E-state index >= 15 is 0 Å². The molecule has 2 N–H and O–H groups in total. The molecule has 2 heterocycles. The molecule has 1 saturated heterocycles. The van der Waals surface area contributed by atoms with Gasteiger partial charge in [-0.05, 0) is 54.6 Å². The third-order valence-corrected chi connectivity index (χ3v) is 5.19. The summed E-state index contributed by atoms with van der Waals surface area (Å²) in [6.45, 7) is 5.76. The maximum absolute atomic E-state index is 12.6. The van der Waals surface area contributed by atoms with E-state index < -0.39 is 0 Å². The number of halogens is 1. The molecule has 2 aromatic carbocycles. The number of morpholine rings is 1. The molecule has 4 rings (SSSR count). The van der Waals surface area contributed by atoms with Gasteiger partial charge in [-0.25, -0.2) is 9.97 Å². The van der Waals surface area contributed by atoms with Crippen LogP contribution >= 0.6 is 11.6 Å². The van der Waals surface area contributed by atoms with E-state index in [1.807, 2.05) is 12.1 Å². The SMILES string of the molecule is C=CC(=O)Nc1ccc(-c2nc(Cl)cc(Nc3ccc(C(=O)N4CCOCC4)cc3)n2)cc1. The lowest BCUT2D eigenvalue weighted by Gasteiger charge is -2.26. The van der Waals surface area contributed by atoms with Crippen molar-refractivity contribution in [2.24, 2.45) is 0 Å². The van der Waals surface area contributed by atoms with E-state index in [0.717, 1.165) is 11.3 Å². The summed E-state index contributed by atoms with van der Waals surface area (Å²) in [5.41, 5.74) is 2.75. The van der Waals surface area contributed by atoms with Gasteiger partial charge in [0.2, 0.25) is 5.91 Å². The average molecular weight is 464 g/mol. The molecule has 1 aliphatic heterocycles. The zero-order chi connectivity index (χ0) is 23.2. The fraction of sp³-hybridized carbons (Fsp3) is 0.167.